The number of nitrogens with two attached hydrogens (primary N) is 1. The highest BCUT2D eigenvalue weighted by Crippen LogP contribution is 2.30. The van der Waals surface area contributed by atoms with E-state index >= 15 is 0 Å². The minimum absolute atomic E-state index is 0.0614. The van der Waals surface area contributed by atoms with E-state index in [9.17, 15) is 4.79 Å². The van der Waals surface area contributed by atoms with Gasteiger partial charge in [0.2, 0.25) is 0 Å². The van der Waals surface area contributed by atoms with Crippen LogP contribution in [0.15, 0.2) is 30.5 Å². The number of carbonyl (C=O) groups is 1. The number of anilines is 2. The van der Waals surface area contributed by atoms with E-state index in [4.69, 9.17) is 5.73 Å². The maximum absolute atomic E-state index is 12.5. The number of urea groups is 1. The third kappa shape index (κ3) is 2.30. The number of amides is 2. The number of benzene rings is 1. The minimum atomic E-state index is 0.0614. The van der Waals surface area contributed by atoms with Crippen molar-refractivity contribution in [3.05, 3.63) is 30.5 Å². The van der Waals surface area contributed by atoms with Crippen molar-refractivity contribution in [1.29, 1.82) is 0 Å². The summed E-state index contributed by atoms with van der Waals surface area (Å²) in [5.41, 5.74) is 8.79. The van der Waals surface area contributed by atoms with Gasteiger partial charge in [-0.3, -0.25) is 9.58 Å². The molecule has 1 aromatic heterocycles. The Hall–Kier alpha value is -2.50. The number of aromatic nitrogens is 2. The van der Waals surface area contributed by atoms with Gasteiger partial charge in [0.25, 0.3) is 0 Å². The van der Waals surface area contributed by atoms with Crippen molar-refractivity contribution in [1.82, 2.24) is 14.7 Å². The van der Waals surface area contributed by atoms with Gasteiger partial charge in [-0.1, -0.05) is 12.1 Å². The van der Waals surface area contributed by atoms with Crippen LogP contribution in [0.3, 0.4) is 0 Å². The fourth-order valence-electron chi connectivity index (χ4n) is 2.78. The van der Waals surface area contributed by atoms with Crippen LogP contribution in [0.5, 0.6) is 0 Å². The van der Waals surface area contributed by atoms with Gasteiger partial charge in [0.1, 0.15) is 5.82 Å². The highest BCUT2D eigenvalue weighted by molar-refractivity contribution is 5.95. The van der Waals surface area contributed by atoms with Crippen LogP contribution in [0.25, 0.3) is 11.1 Å². The molecule has 1 saturated heterocycles. The van der Waals surface area contributed by atoms with Crippen LogP contribution in [0, 0.1) is 0 Å². The SMILES string of the molecule is CC(C)N1CCN(c2cccc(-c3cnn(C)c3N)c2)C1=O. The molecule has 3 rings (SSSR count). The summed E-state index contributed by atoms with van der Waals surface area (Å²) < 4.78 is 1.64. The van der Waals surface area contributed by atoms with Crippen molar-refractivity contribution < 1.29 is 4.79 Å². The van der Waals surface area contributed by atoms with E-state index in [-0.39, 0.29) is 12.1 Å². The van der Waals surface area contributed by atoms with Crippen molar-refractivity contribution in [2.75, 3.05) is 23.7 Å². The Morgan fingerprint density at radius 2 is 2.05 bits per heavy atom. The molecule has 6 heteroatoms. The number of hydrogen-bond donors (Lipinski definition) is 1. The standard InChI is InChI=1S/C16H21N5O/c1-11(2)20-7-8-21(16(20)22)13-6-4-5-12(9-13)14-10-18-19(3)15(14)17/h4-6,9-11H,7-8,17H2,1-3H3. The van der Waals surface area contributed by atoms with Gasteiger partial charge in [0.05, 0.1) is 6.20 Å². The first-order valence-corrected chi connectivity index (χ1v) is 7.45. The van der Waals surface area contributed by atoms with Crippen molar-refractivity contribution in [3.63, 3.8) is 0 Å². The topological polar surface area (TPSA) is 67.4 Å². The highest BCUT2D eigenvalue weighted by atomic mass is 16.2. The van der Waals surface area contributed by atoms with Gasteiger partial charge < -0.3 is 10.6 Å². The maximum atomic E-state index is 12.5. The molecular weight excluding hydrogens is 278 g/mol. The predicted molar refractivity (Wildman–Crippen MR) is 87.6 cm³/mol. The molecule has 0 unspecified atom stereocenters. The van der Waals surface area contributed by atoms with Crippen LogP contribution in [0.1, 0.15) is 13.8 Å². The molecule has 0 atom stereocenters. The molecule has 1 aliphatic heterocycles. The third-order valence-corrected chi connectivity index (χ3v) is 4.12. The Balaban J connectivity index is 1.92. The van der Waals surface area contributed by atoms with E-state index < -0.39 is 0 Å². The quantitative estimate of drug-likeness (QED) is 0.945. The third-order valence-electron chi connectivity index (χ3n) is 4.12. The first-order valence-electron chi connectivity index (χ1n) is 7.45. The number of nitrogen functional groups attached to an aromatic ring is 1. The molecule has 2 aromatic rings. The zero-order chi connectivity index (χ0) is 15.9. The predicted octanol–water partition coefficient (Wildman–Crippen LogP) is 2.32. The molecular formula is C16H21N5O. The zero-order valence-electron chi connectivity index (χ0n) is 13.2. The van der Waals surface area contributed by atoms with Crippen LogP contribution in [0.4, 0.5) is 16.3 Å². The fourth-order valence-corrected chi connectivity index (χ4v) is 2.78. The Labute approximate surface area is 130 Å². The van der Waals surface area contributed by atoms with E-state index in [1.165, 1.54) is 0 Å². The molecule has 0 radical (unpaired) electrons. The van der Waals surface area contributed by atoms with Crippen LogP contribution in [0.2, 0.25) is 0 Å². The van der Waals surface area contributed by atoms with Crippen LogP contribution in [-0.2, 0) is 7.05 Å². The van der Waals surface area contributed by atoms with Gasteiger partial charge in [0, 0.05) is 37.4 Å². The van der Waals surface area contributed by atoms with Gasteiger partial charge in [-0.15, -0.1) is 0 Å². The first kappa shape index (κ1) is 14.4. The Morgan fingerprint density at radius 1 is 1.27 bits per heavy atom. The summed E-state index contributed by atoms with van der Waals surface area (Å²) in [6, 6.07) is 8.16. The summed E-state index contributed by atoms with van der Waals surface area (Å²) in [6.07, 6.45) is 1.75. The van der Waals surface area contributed by atoms with E-state index in [0.29, 0.717) is 12.4 Å². The van der Waals surface area contributed by atoms with Gasteiger partial charge in [-0.2, -0.15) is 5.10 Å². The molecule has 2 amide bonds. The molecule has 1 fully saturated rings. The van der Waals surface area contributed by atoms with Crippen molar-refractivity contribution in [2.24, 2.45) is 7.05 Å². The van der Waals surface area contributed by atoms with Crippen LogP contribution in [-0.4, -0.2) is 39.8 Å². The van der Waals surface area contributed by atoms with Gasteiger partial charge in [0.15, 0.2) is 0 Å². The minimum Gasteiger partial charge on any atom is -0.383 e. The molecule has 0 bridgehead atoms. The molecule has 1 aliphatic rings. The molecule has 6 nitrogen and oxygen atoms in total. The smallest absolute Gasteiger partial charge is 0.324 e. The number of nitrogens with zero attached hydrogens (tertiary/aromatic N) is 4. The van der Waals surface area contributed by atoms with Gasteiger partial charge in [-0.25, -0.2) is 4.79 Å². The lowest BCUT2D eigenvalue weighted by Gasteiger charge is -2.22. The molecule has 2 N–H and O–H groups in total. The van der Waals surface area contributed by atoms with Crippen molar-refractivity contribution in [2.45, 2.75) is 19.9 Å². The number of hydrogen-bond acceptors (Lipinski definition) is 3. The largest absolute Gasteiger partial charge is 0.383 e. The lowest BCUT2D eigenvalue weighted by atomic mass is 10.1. The first-order chi connectivity index (χ1) is 10.5. The van der Waals surface area contributed by atoms with Crippen LogP contribution >= 0.6 is 0 Å². The molecule has 0 spiro atoms. The zero-order valence-corrected chi connectivity index (χ0v) is 13.2. The van der Waals surface area contributed by atoms with Gasteiger partial charge in [-0.05, 0) is 31.5 Å². The lowest BCUT2D eigenvalue weighted by molar-refractivity contribution is 0.209. The Kier molecular flexibility index (Phi) is 3.52. The summed E-state index contributed by atoms with van der Waals surface area (Å²) in [5, 5.41) is 4.17. The lowest BCUT2D eigenvalue weighted by Crippen LogP contribution is -2.36. The normalized spacial score (nSPS) is 15.2. The Morgan fingerprint density at radius 3 is 2.64 bits per heavy atom. The van der Waals surface area contributed by atoms with Gasteiger partial charge >= 0.3 is 6.03 Å². The molecule has 116 valence electrons. The second-order valence-corrected chi connectivity index (χ2v) is 5.84. The highest BCUT2D eigenvalue weighted by Gasteiger charge is 2.31. The molecule has 0 saturated carbocycles. The molecule has 1 aromatic carbocycles. The summed E-state index contributed by atoms with van der Waals surface area (Å²) in [7, 11) is 1.81. The number of aryl methyl sites for hydroxylation is 1. The summed E-state index contributed by atoms with van der Waals surface area (Å²) in [6.45, 7) is 5.54. The van der Waals surface area contributed by atoms with Crippen molar-refractivity contribution >= 4 is 17.5 Å². The second-order valence-electron chi connectivity index (χ2n) is 5.84. The summed E-state index contributed by atoms with van der Waals surface area (Å²) in [5.74, 6) is 0.619. The molecule has 0 aliphatic carbocycles. The summed E-state index contributed by atoms with van der Waals surface area (Å²) in [4.78, 5) is 16.2. The van der Waals surface area contributed by atoms with E-state index in [2.05, 4.69) is 5.10 Å². The monoisotopic (exact) mass is 299 g/mol. The Bertz CT molecular complexity index is 706. The van der Waals surface area contributed by atoms with Crippen LogP contribution < -0.4 is 10.6 Å². The second kappa shape index (κ2) is 5.36. The fraction of sp³-hybridized carbons (Fsp3) is 0.375. The van der Waals surface area contributed by atoms with E-state index in [0.717, 1.165) is 23.4 Å². The average Bonchev–Trinajstić information content (AvgIpc) is 3.03. The molecule has 22 heavy (non-hydrogen) atoms. The number of rotatable bonds is 3. The number of carbonyl (C=O) groups excluding carboxylic acids is 1. The van der Waals surface area contributed by atoms with E-state index in [1.54, 1.807) is 10.9 Å². The van der Waals surface area contributed by atoms with Crippen molar-refractivity contribution in [3.8, 4) is 11.1 Å². The maximum Gasteiger partial charge on any atom is 0.324 e. The molecule has 2 heterocycles. The van der Waals surface area contributed by atoms with E-state index in [1.807, 2.05) is 55.0 Å². The summed E-state index contributed by atoms with van der Waals surface area (Å²) >= 11 is 0. The average molecular weight is 299 g/mol.